The molecule has 3 rings (SSSR count). The monoisotopic (exact) mass is 440 g/mol. The summed E-state index contributed by atoms with van der Waals surface area (Å²) < 4.78 is 7.29. The number of aromatic nitrogens is 2. The Balaban J connectivity index is 1.71. The van der Waals surface area contributed by atoms with Crippen LogP contribution in [0.25, 0.3) is 0 Å². The van der Waals surface area contributed by atoms with Crippen LogP contribution < -0.4 is 5.32 Å². The first-order valence-corrected chi connectivity index (χ1v) is 11.3. The molecule has 1 aliphatic rings. The summed E-state index contributed by atoms with van der Waals surface area (Å²) in [5.41, 5.74) is 3.28. The molecule has 0 aliphatic carbocycles. The molecule has 32 heavy (non-hydrogen) atoms. The number of carbonyl (C=O) groups is 1. The number of nitrogens with zero attached hydrogens (tertiary/aromatic N) is 5. The average molecular weight is 441 g/mol. The average Bonchev–Trinajstić information content (AvgIpc) is 3.17. The first kappa shape index (κ1) is 23.8. The minimum absolute atomic E-state index is 0.124. The van der Waals surface area contributed by atoms with Crippen molar-refractivity contribution < 1.29 is 9.53 Å². The Kier molecular flexibility index (Phi) is 8.27. The second kappa shape index (κ2) is 11.1. The van der Waals surface area contributed by atoms with E-state index in [0.29, 0.717) is 45.3 Å². The van der Waals surface area contributed by atoms with Crippen LogP contribution in [0.1, 0.15) is 42.5 Å². The number of rotatable bonds is 7. The van der Waals surface area contributed by atoms with Gasteiger partial charge in [0, 0.05) is 59.1 Å². The zero-order valence-corrected chi connectivity index (χ0v) is 19.9. The van der Waals surface area contributed by atoms with Gasteiger partial charge in [-0.25, -0.2) is 0 Å². The Labute approximate surface area is 191 Å². The molecule has 8 nitrogen and oxygen atoms in total. The largest absolute Gasteiger partial charge is 0.378 e. The van der Waals surface area contributed by atoms with Crippen LogP contribution in [0.5, 0.6) is 0 Å². The van der Waals surface area contributed by atoms with Crippen molar-refractivity contribution in [2.75, 3.05) is 46.9 Å². The van der Waals surface area contributed by atoms with E-state index in [-0.39, 0.29) is 11.8 Å². The molecule has 1 aromatic carbocycles. The molecule has 2 heterocycles. The molecule has 1 aromatic heterocycles. The van der Waals surface area contributed by atoms with Crippen molar-refractivity contribution in [3.8, 4) is 0 Å². The lowest BCUT2D eigenvalue weighted by molar-refractivity contribution is -0.136. The number of aryl methyl sites for hydroxylation is 1. The molecule has 174 valence electrons. The highest BCUT2D eigenvalue weighted by Gasteiger charge is 2.27. The van der Waals surface area contributed by atoms with Crippen molar-refractivity contribution in [1.29, 1.82) is 0 Å². The summed E-state index contributed by atoms with van der Waals surface area (Å²) in [7, 11) is 5.73. The van der Waals surface area contributed by atoms with Crippen molar-refractivity contribution in [3.63, 3.8) is 0 Å². The molecule has 1 saturated heterocycles. The number of hydrogen-bond acceptors (Lipinski definition) is 4. The topological polar surface area (TPSA) is 75.0 Å². The number of benzene rings is 1. The Morgan fingerprint density at radius 1 is 1.25 bits per heavy atom. The molecule has 0 radical (unpaired) electrons. The molecule has 1 amide bonds. The van der Waals surface area contributed by atoms with Gasteiger partial charge < -0.3 is 19.9 Å². The lowest BCUT2D eigenvalue weighted by atomic mass is 9.97. The second-order valence-corrected chi connectivity index (χ2v) is 8.55. The van der Waals surface area contributed by atoms with Gasteiger partial charge in [-0.15, -0.1) is 0 Å². The van der Waals surface area contributed by atoms with Crippen LogP contribution in [0.2, 0.25) is 0 Å². The summed E-state index contributed by atoms with van der Waals surface area (Å²) in [6.45, 7) is 7.92. The first-order chi connectivity index (χ1) is 15.4. The normalized spacial score (nSPS) is 15.7. The number of carbonyl (C=O) groups excluding carboxylic acids is 1. The van der Waals surface area contributed by atoms with E-state index in [1.54, 1.807) is 7.05 Å². The second-order valence-electron chi connectivity index (χ2n) is 8.55. The van der Waals surface area contributed by atoms with Gasteiger partial charge >= 0.3 is 0 Å². The van der Waals surface area contributed by atoms with Crippen molar-refractivity contribution in [2.24, 2.45) is 12.0 Å². The molecular formula is C24H36N6O2. The Morgan fingerprint density at radius 2 is 1.94 bits per heavy atom. The minimum Gasteiger partial charge on any atom is -0.378 e. The molecule has 8 heteroatoms. The Bertz CT molecular complexity index is 902. The number of nitrogens with one attached hydrogen (secondary N) is 1. The van der Waals surface area contributed by atoms with Crippen molar-refractivity contribution in [2.45, 2.75) is 32.2 Å². The summed E-state index contributed by atoms with van der Waals surface area (Å²) in [6.07, 6.45) is 2.06. The number of ether oxygens (including phenoxy) is 1. The van der Waals surface area contributed by atoms with Crippen LogP contribution in [-0.4, -0.2) is 78.4 Å². The summed E-state index contributed by atoms with van der Waals surface area (Å²) in [5.74, 6) is 0.936. The van der Waals surface area contributed by atoms with Crippen LogP contribution in [0, 0.1) is 0 Å². The first-order valence-electron chi connectivity index (χ1n) is 11.3. The summed E-state index contributed by atoms with van der Waals surface area (Å²) in [6, 6.07) is 9.96. The number of amides is 1. The van der Waals surface area contributed by atoms with Gasteiger partial charge in [-0.3, -0.25) is 14.5 Å². The fourth-order valence-electron chi connectivity index (χ4n) is 4.11. The molecular weight excluding hydrogens is 404 g/mol. The molecule has 2 aromatic rings. The maximum Gasteiger partial charge on any atom is 0.232 e. The lowest BCUT2D eigenvalue weighted by Gasteiger charge is -2.31. The molecule has 1 N–H and O–H groups in total. The van der Waals surface area contributed by atoms with Crippen molar-refractivity contribution in [3.05, 3.63) is 53.3 Å². The predicted octanol–water partition coefficient (Wildman–Crippen LogP) is 2.19. The maximum atomic E-state index is 13.3. The highest BCUT2D eigenvalue weighted by atomic mass is 16.5. The molecule has 0 bridgehead atoms. The van der Waals surface area contributed by atoms with Gasteiger partial charge in [0.25, 0.3) is 0 Å². The van der Waals surface area contributed by atoms with E-state index in [1.807, 2.05) is 54.0 Å². The van der Waals surface area contributed by atoms with Gasteiger partial charge in [-0.1, -0.05) is 44.2 Å². The molecule has 1 atom stereocenters. The highest BCUT2D eigenvalue weighted by molar-refractivity contribution is 5.86. The molecule has 1 aliphatic heterocycles. The van der Waals surface area contributed by atoms with E-state index >= 15 is 0 Å². The molecule has 0 saturated carbocycles. The SMILES string of the molecule is CN=C(NCC(C(=O)N1CCOCC1)c1ccccc1)N(C)Cc1cn(C)nc1C(C)C. The lowest BCUT2D eigenvalue weighted by Crippen LogP contribution is -2.47. The molecule has 0 spiro atoms. The third kappa shape index (κ3) is 5.88. The highest BCUT2D eigenvalue weighted by Crippen LogP contribution is 2.20. The van der Waals surface area contributed by atoms with Crippen LogP contribution in [0.15, 0.2) is 41.5 Å². The van der Waals surface area contributed by atoms with Gasteiger partial charge in [-0.2, -0.15) is 5.10 Å². The third-order valence-electron chi connectivity index (χ3n) is 5.75. The van der Waals surface area contributed by atoms with Crippen LogP contribution in [0.3, 0.4) is 0 Å². The Hall–Kier alpha value is -2.87. The molecule has 1 unspecified atom stereocenters. The quantitative estimate of drug-likeness (QED) is 0.528. The van der Waals surface area contributed by atoms with Gasteiger partial charge in [0.15, 0.2) is 5.96 Å². The van der Waals surface area contributed by atoms with E-state index in [1.165, 1.54) is 5.56 Å². The summed E-state index contributed by atoms with van der Waals surface area (Å²) in [5, 5.41) is 8.04. The Morgan fingerprint density at radius 3 is 2.56 bits per heavy atom. The number of guanidine groups is 1. The summed E-state index contributed by atoms with van der Waals surface area (Å²) in [4.78, 5) is 21.8. The fourth-order valence-corrected chi connectivity index (χ4v) is 4.11. The predicted molar refractivity (Wildman–Crippen MR) is 127 cm³/mol. The van der Waals surface area contributed by atoms with E-state index in [0.717, 1.165) is 17.2 Å². The molecule has 1 fully saturated rings. The number of aliphatic imine (C=N–C) groups is 1. The van der Waals surface area contributed by atoms with Crippen LogP contribution >= 0.6 is 0 Å². The van der Waals surface area contributed by atoms with Crippen LogP contribution in [0.4, 0.5) is 0 Å². The van der Waals surface area contributed by atoms with Gasteiger partial charge in [0.1, 0.15) is 0 Å². The van der Waals surface area contributed by atoms with Gasteiger partial charge in [0.2, 0.25) is 5.91 Å². The van der Waals surface area contributed by atoms with Crippen molar-refractivity contribution >= 4 is 11.9 Å². The van der Waals surface area contributed by atoms with E-state index < -0.39 is 0 Å². The zero-order valence-electron chi connectivity index (χ0n) is 19.9. The minimum atomic E-state index is -0.288. The van der Waals surface area contributed by atoms with Crippen LogP contribution in [-0.2, 0) is 23.1 Å². The fraction of sp³-hybridized carbons (Fsp3) is 0.542. The maximum absolute atomic E-state index is 13.3. The smallest absolute Gasteiger partial charge is 0.232 e. The van der Waals surface area contributed by atoms with E-state index in [2.05, 4.69) is 40.4 Å². The van der Waals surface area contributed by atoms with Gasteiger partial charge in [0.05, 0.1) is 24.8 Å². The summed E-state index contributed by atoms with van der Waals surface area (Å²) >= 11 is 0. The standard InChI is InChI=1S/C24H36N6O2/c1-18(2)22-20(17-29(5)27-22)16-28(4)24(25-3)26-15-21(19-9-7-6-8-10-19)23(31)30-11-13-32-14-12-30/h6-10,17-18,21H,11-16H2,1-5H3,(H,25,26). The van der Waals surface area contributed by atoms with Gasteiger partial charge in [-0.05, 0) is 11.5 Å². The third-order valence-corrected chi connectivity index (χ3v) is 5.75. The van der Waals surface area contributed by atoms with E-state index in [9.17, 15) is 4.79 Å². The van der Waals surface area contributed by atoms with Crippen molar-refractivity contribution in [1.82, 2.24) is 24.9 Å². The number of hydrogen-bond donors (Lipinski definition) is 1. The number of morpholine rings is 1. The van der Waals surface area contributed by atoms with E-state index in [4.69, 9.17) is 4.74 Å². The zero-order chi connectivity index (χ0) is 23.1.